The minimum Gasteiger partial charge on any atom is -0.444 e. The Kier molecular flexibility index (Phi) is 6.11. The van der Waals surface area contributed by atoms with E-state index in [1.54, 1.807) is 18.3 Å². The highest BCUT2D eigenvalue weighted by Gasteiger charge is 2.43. The fourth-order valence-corrected chi connectivity index (χ4v) is 5.15. The van der Waals surface area contributed by atoms with Crippen LogP contribution >= 0.6 is 9.39 Å². The molecule has 0 spiro atoms. The van der Waals surface area contributed by atoms with Crippen molar-refractivity contribution in [3.8, 4) is 11.3 Å². The molecule has 10 nitrogen and oxygen atoms in total. The summed E-state index contributed by atoms with van der Waals surface area (Å²) < 4.78 is 7.39. The molecule has 1 aromatic carbocycles. The third-order valence-corrected chi connectivity index (χ3v) is 7.21. The Labute approximate surface area is 212 Å². The van der Waals surface area contributed by atoms with Crippen molar-refractivity contribution in [1.29, 1.82) is 0 Å². The standard InChI is InChI=1S/C25H32N7O3P/c1-15(33)29(5)19-8-6-16(7-9-19)20-21-22(32(36)14-26-21)28-23(27-20)30-10-17-12-31(13-18(17)11-30)24(34)35-25(2,3)4/h6-9,14,17-18H,10-13,36H2,1-5H3. The van der Waals surface area contributed by atoms with Gasteiger partial charge in [-0.05, 0) is 42.3 Å². The van der Waals surface area contributed by atoms with Gasteiger partial charge in [-0.25, -0.2) is 14.8 Å². The number of carbonyl (C=O) groups is 2. The summed E-state index contributed by atoms with van der Waals surface area (Å²) in [5.41, 5.74) is 3.43. The quantitative estimate of drug-likeness (QED) is 0.499. The number of hydrogen-bond donors (Lipinski definition) is 0. The molecule has 3 aromatic rings. The highest BCUT2D eigenvalue weighted by molar-refractivity contribution is 7.14. The highest BCUT2D eigenvalue weighted by atomic mass is 31.0. The Hall–Kier alpha value is -3.26. The molecule has 3 unspecified atom stereocenters. The highest BCUT2D eigenvalue weighted by Crippen LogP contribution is 2.36. The maximum absolute atomic E-state index is 12.5. The molecule has 2 saturated heterocycles. The van der Waals surface area contributed by atoms with Gasteiger partial charge >= 0.3 is 6.09 Å². The largest absolute Gasteiger partial charge is 0.444 e. The fraction of sp³-hybridized carbons (Fsp3) is 0.480. The van der Waals surface area contributed by atoms with Gasteiger partial charge in [-0.1, -0.05) is 12.1 Å². The zero-order valence-electron chi connectivity index (χ0n) is 21.3. The Bertz CT molecular complexity index is 1300. The predicted molar refractivity (Wildman–Crippen MR) is 142 cm³/mol. The number of anilines is 2. The molecule has 2 aliphatic rings. The van der Waals surface area contributed by atoms with E-state index in [-0.39, 0.29) is 12.0 Å². The molecule has 2 aliphatic heterocycles. The third kappa shape index (κ3) is 4.62. The van der Waals surface area contributed by atoms with Crippen LogP contribution in [0, 0.1) is 11.8 Å². The van der Waals surface area contributed by atoms with Crippen molar-refractivity contribution in [1.82, 2.24) is 24.2 Å². The van der Waals surface area contributed by atoms with Gasteiger partial charge in [-0.2, -0.15) is 4.98 Å². The fourth-order valence-electron chi connectivity index (χ4n) is 4.90. The lowest BCUT2D eigenvalue weighted by molar-refractivity contribution is -0.116. The first kappa shape index (κ1) is 24.4. The van der Waals surface area contributed by atoms with Crippen LogP contribution in [0.5, 0.6) is 0 Å². The number of benzene rings is 1. The second-order valence-corrected chi connectivity index (χ2v) is 11.2. The lowest BCUT2D eigenvalue weighted by atomic mass is 10.0. The van der Waals surface area contributed by atoms with Crippen molar-refractivity contribution in [3.63, 3.8) is 0 Å². The number of imidazole rings is 1. The van der Waals surface area contributed by atoms with Gasteiger partial charge in [0.25, 0.3) is 0 Å². The van der Waals surface area contributed by atoms with E-state index < -0.39 is 5.60 Å². The molecule has 0 bridgehead atoms. The second kappa shape index (κ2) is 9.00. The van der Waals surface area contributed by atoms with Gasteiger partial charge in [-0.3, -0.25) is 9.13 Å². The number of fused-ring (bicyclic) bond motifs is 2. The zero-order valence-corrected chi connectivity index (χ0v) is 22.5. The average molecular weight is 510 g/mol. The Balaban J connectivity index is 1.39. The first-order chi connectivity index (χ1) is 17.0. The molecule has 4 heterocycles. The van der Waals surface area contributed by atoms with E-state index in [9.17, 15) is 9.59 Å². The molecule has 2 fully saturated rings. The summed E-state index contributed by atoms with van der Waals surface area (Å²) >= 11 is 0. The van der Waals surface area contributed by atoms with Crippen molar-refractivity contribution in [2.45, 2.75) is 33.3 Å². The van der Waals surface area contributed by atoms with E-state index in [0.29, 0.717) is 30.9 Å². The number of aromatic nitrogens is 4. The molecule has 2 aromatic heterocycles. The number of nitrogens with zero attached hydrogens (tertiary/aromatic N) is 7. The van der Waals surface area contributed by atoms with E-state index in [2.05, 4.69) is 19.3 Å². The van der Waals surface area contributed by atoms with Crippen LogP contribution in [0.2, 0.25) is 0 Å². The van der Waals surface area contributed by atoms with Gasteiger partial charge < -0.3 is 19.4 Å². The number of carbonyl (C=O) groups excluding carboxylic acids is 2. The molecule has 36 heavy (non-hydrogen) atoms. The smallest absolute Gasteiger partial charge is 0.410 e. The van der Waals surface area contributed by atoms with Gasteiger partial charge in [-0.15, -0.1) is 0 Å². The summed E-state index contributed by atoms with van der Waals surface area (Å²) in [6.45, 7) is 10.1. The molecule has 0 N–H and O–H groups in total. The molecule has 5 rings (SSSR count). The first-order valence-corrected chi connectivity index (χ1v) is 12.6. The number of ether oxygens (including phenoxy) is 1. The van der Waals surface area contributed by atoms with E-state index in [0.717, 1.165) is 41.2 Å². The van der Waals surface area contributed by atoms with E-state index in [1.807, 2.05) is 54.3 Å². The van der Waals surface area contributed by atoms with E-state index in [4.69, 9.17) is 14.7 Å². The van der Waals surface area contributed by atoms with E-state index in [1.165, 1.54) is 6.92 Å². The van der Waals surface area contributed by atoms with Gasteiger partial charge in [0.2, 0.25) is 11.9 Å². The van der Waals surface area contributed by atoms with Crippen LogP contribution in [0.25, 0.3) is 22.4 Å². The molecule has 0 aliphatic carbocycles. The molecule has 190 valence electrons. The molecule has 3 atom stereocenters. The molecular formula is C25H32N7O3P. The minimum absolute atomic E-state index is 0.0268. The zero-order chi connectivity index (χ0) is 25.8. The van der Waals surface area contributed by atoms with Crippen LogP contribution in [-0.4, -0.2) is 75.0 Å². The summed E-state index contributed by atoms with van der Waals surface area (Å²) in [7, 11) is 4.38. The number of hydrogen-bond acceptors (Lipinski definition) is 7. The Morgan fingerprint density at radius 2 is 1.69 bits per heavy atom. The van der Waals surface area contributed by atoms with Crippen molar-refractivity contribution in [3.05, 3.63) is 30.6 Å². The van der Waals surface area contributed by atoms with Gasteiger partial charge in [0.15, 0.2) is 5.65 Å². The monoisotopic (exact) mass is 509 g/mol. The van der Waals surface area contributed by atoms with Crippen molar-refractivity contribution in [2.75, 3.05) is 43.0 Å². The summed E-state index contributed by atoms with van der Waals surface area (Å²) in [4.78, 5) is 44.2. The van der Waals surface area contributed by atoms with Gasteiger partial charge in [0, 0.05) is 63.2 Å². The van der Waals surface area contributed by atoms with Crippen LogP contribution in [0.15, 0.2) is 30.6 Å². The number of likely N-dealkylation sites (tertiary alicyclic amines) is 1. The van der Waals surface area contributed by atoms with Gasteiger partial charge in [0.05, 0.1) is 0 Å². The normalized spacial score (nSPS) is 19.6. The van der Waals surface area contributed by atoms with Crippen LogP contribution in [0.4, 0.5) is 16.4 Å². The molecule has 11 heteroatoms. The minimum atomic E-state index is -0.499. The lowest BCUT2D eigenvalue weighted by Gasteiger charge is -2.26. The van der Waals surface area contributed by atoms with Crippen molar-refractivity contribution >= 4 is 44.2 Å². The predicted octanol–water partition coefficient (Wildman–Crippen LogP) is 3.42. The summed E-state index contributed by atoms with van der Waals surface area (Å²) in [5.74, 6) is 1.33. The van der Waals surface area contributed by atoms with E-state index >= 15 is 0 Å². The second-order valence-electron chi connectivity index (χ2n) is 10.6. The van der Waals surface area contributed by atoms with Crippen LogP contribution in [0.3, 0.4) is 0 Å². The topological polar surface area (TPSA) is 96.7 Å². The SMILES string of the molecule is CC(=O)N(C)c1ccc(-c2nc(N3CC4CN(C(=O)OC(C)(C)C)CC4C3)nc3c2ncn3P)cc1. The van der Waals surface area contributed by atoms with Crippen molar-refractivity contribution in [2.24, 2.45) is 11.8 Å². The van der Waals surface area contributed by atoms with Crippen LogP contribution in [-0.2, 0) is 9.53 Å². The Morgan fingerprint density at radius 1 is 1.06 bits per heavy atom. The van der Waals surface area contributed by atoms with Crippen molar-refractivity contribution < 1.29 is 14.3 Å². The maximum atomic E-state index is 12.5. The molecule has 0 radical (unpaired) electrons. The maximum Gasteiger partial charge on any atom is 0.410 e. The van der Waals surface area contributed by atoms with Gasteiger partial charge in [0.1, 0.15) is 23.1 Å². The summed E-state index contributed by atoms with van der Waals surface area (Å²) in [5, 5.41) is 0. The molecule has 0 saturated carbocycles. The Morgan fingerprint density at radius 3 is 2.28 bits per heavy atom. The number of amides is 2. The van der Waals surface area contributed by atoms with Crippen LogP contribution in [0.1, 0.15) is 27.7 Å². The average Bonchev–Trinajstić information content (AvgIpc) is 3.50. The lowest BCUT2D eigenvalue weighted by Crippen LogP contribution is -2.37. The summed E-state index contributed by atoms with van der Waals surface area (Å²) in [6, 6.07) is 7.74. The summed E-state index contributed by atoms with van der Waals surface area (Å²) in [6.07, 6.45) is 1.47. The molecule has 2 amide bonds. The molecular weight excluding hydrogens is 477 g/mol. The third-order valence-electron chi connectivity index (χ3n) is 6.83. The van der Waals surface area contributed by atoms with Crippen LogP contribution < -0.4 is 9.80 Å². The number of rotatable bonds is 3. The first-order valence-electron chi connectivity index (χ1n) is 12.1.